The maximum absolute atomic E-state index is 12.5. The number of nitrogens with zero attached hydrogens (tertiary/aromatic N) is 3. The Kier molecular flexibility index (Phi) is 10.9. The lowest BCUT2D eigenvalue weighted by atomic mass is 9.93. The maximum Gasteiger partial charge on any atom is 0.223 e. The van der Waals surface area contributed by atoms with E-state index in [-0.39, 0.29) is 5.91 Å². The Morgan fingerprint density at radius 3 is 2.48 bits per heavy atom. The van der Waals surface area contributed by atoms with Crippen LogP contribution in [0, 0.1) is 11.8 Å². The molecule has 1 aliphatic rings. The van der Waals surface area contributed by atoms with Crippen LogP contribution in [0.3, 0.4) is 0 Å². The monoisotopic (exact) mass is 429 g/mol. The number of rotatable bonds is 12. The first-order valence-corrected chi connectivity index (χ1v) is 12.0. The number of guanidine groups is 1. The first-order valence-electron chi connectivity index (χ1n) is 12.0. The largest absolute Gasteiger partial charge is 0.357 e. The van der Waals surface area contributed by atoms with E-state index in [9.17, 15) is 4.79 Å². The Balaban J connectivity index is 1.86. The van der Waals surface area contributed by atoms with Gasteiger partial charge in [0, 0.05) is 44.6 Å². The van der Waals surface area contributed by atoms with E-state index in [2.05, 4.69) is 74.7 Å². The number of likely N-dealkylation sites (N-methyl/N-ethyl adjacent to an activating group) is 1. The molecule has 2 atom stereocenters. The lowest BCUT2D eigenvalue weighted by Crippen LogP contribution is -2.43. The molecule has 0 saturated carbocycles. The van der Waals surface area contributed by atoms with Crippen molar-refractivity contribution in [1.29, 1.82) is 0 Å². The van der Waals surface area contributed by atoms with Crippen molar-refractivity contribution in [2.75, 3.05) is 46.8 Å². The van der Waals surface area contributed by atoms with Crippen molar-refractivity contribution in [2.45, 2.75) is 52.5 Å². The van der Waals surface area contributed by atoms with Gasteiger partial charge in [0.05, 0.1) is 6.54 Å². The van der Waals surface area contributed by atoms with E-state index < -0.39 is 0 Å². The molecule has 1 saturated heterocycles. The summed E-state index contributed by atoms with van der Waals surface area (Å²) >= 11 is 0. The van der Waals surface area contributed by atoms with Crippen LogP contribution in [0.25, 0.3) is 0 Å². The van der Waals surface area contributed by atoms with Crippen molar-refractivity contribution in [2.24, 2.45) is 16.8 Å². The van der Waals surface area contributed by atoms with Crippen molar-refractivity contribution in [3.8, 4) is 0 Å². The third-order valence-corrected chi connectivity index (χ3v) is 6.40. The van der Waals surface area contributed by atoms with Crippen LogP contribution in [0.15, 0.2) is 35.3 Å². The van der Waals surface area contributed by atoms with Gasteiger partial charge in [-0.25, -0.2) is 0 Å². The van der Waals surface area contributed by atoms with Gasteiger partial charge in [-0.15, -0.1) is 0 Å². The quantitative estimate of drug-likeness (QED) is 0.396. The van der Waals surface area contributed by atoms with Crippen molar-refractivity contribution < 1.29 is 4.79 Å². The van der Waals surface area contributed by atoms with E-state index in [0.29, 0.717) is 24.3 Å². The zero-order chi connectivity index (χ0) is 22.6. The molecule has 0 radical (unpaired) electrons. The highest BCUT2D eigenvalue weighted by Crippen LogP contribution is 2.18. The summed E-state index contributed by atoms with van der Waals surface area (Å²) in [6.07, 6.45) is 3.87. The minimum Gasteiger partial charge on any atom is -0.357 e. The van der Waals surface area contributed by atoms with Crippen LogP contribution in [0.2, 0.25) is 0 Å². The van der Waals surface area contributed by atoms with Crippen LogP contribution in [0.1, 0.15) is 45.6 Å². The SMILES string of the molecule is CCNC(=NCC(C(CC)CC)N(C)C)NCC1CC(=O)N(CCc2ccccc2)C1. The summed E-state index contributed by atoms with van der Waals surface area (Å²) in [6, 6.07) is 10.8. The van der Waals surface area contributed by atoms with Gasteiger partial charge in [0.1, 0.15) is 0 Å². The fourth-order valence-electron chi connectivity index (χ4n) is 4.45. The second kappa shape index (κ2) is 13.4. The summed E-state index contributed by atoms with van der Waals surface area (Å²) < 4.78 is 0. The van der Waals surface area contributed by atoms with Gasteiger partial charge < -0.3 is 20.4 Å². The van der Waals surface area contributed by atoms with E-state index >= 15 is 0 Å². The van der Waals surface area contributed by atoms with Crippen LogP contribution in [-0.4, -0.2) is 74.5 Å². The molecule has 31 heavy (non-hydrogen) atoms. The number of aliphatic imine (C=N–C) groups is 1. The second-order valence-electron chi connectivity index (χ2n) is 8.85. The van der Waals surface area contributed by atoms with Gasteiger partial charge in [-0.05, 0) is 38.9 Å². The fraction of sp³-hybridized carbons (Fsp3) is 0.680. The average Bonchev–Trinajstić information content (AvgIpc) is 3.13. The Labute approximate surface area is 189 Å². The zero-order valence-electron chi connectivity index (χ0n) is 20.2. The Bertz CT molecular complexity index is 672. The van der Waals surface area contributed by atoms with Crippen LogP contribution < -0.4 is 10.6 Å². The number of amides is 1. The van der Waals surface area contributed by atoms with Crippen molar-refractivity contribution in [1.82, 2.24) is 20.4 Å². The molecule has 2 rings (SSSR count). The first kappa shape index (κ1) is 25.2. The van der Waals surface area contributed by atoms with Crippen LogP contribution in [-0.2, 0) is 11.2 Å². The molecule has 174 valence electrons. The maximum atomic E-state index is 12.5. The fourth-order valence-corrected chi connectivity index (χ4v) is 4.45. The van der Waals surface area contributed by atoms with Crippen molar-refractivity contribution in [3.05, 3.63) is 35.9 Å². The first-order chi connectivity index (χ1) is 15.0. The number of nitrogens with one attached hydrogen (secondary N) is 2. The second-order valence-corrected chi connectivity index (χ2v) is 8.85. The number of carbonyl (C=O) groups excluding carboxylic acids is 1. The van der Waals surface area contributed by atoms with Gasteiger partial charge in [0.25, 0.3) is 0 Å². The molecule has 1 aromatic rings. The molecule has 1 amide bonds. The summed E-state index contributed by atoms with van der Waals surface area (Å²) in [5.74, 6) is 2.10. The van der Waals surface area contributed by atoms with Gasteiger partial charge in [-0.3, -0.25) is 9.79 Å². The van der Waals surface area contributed by atoms with E-state index in [1.807, 2.05) is 11.0 Å². The molecule has 0 bridgehead atoms. The molecule has 2 N–H and O–H groups in total. The number of benzene rings is 1. The minimum absolute atomic E-state index is 0.270. The Morgan fingerprint density at radius 2 is 1.87 bits per heavy atom. The van der Waals surface area contributed by atoms with Crippen molar-refractivity contribution in [3.63, 3.8) is 0 Å². The van der Waals surface area contributed by atoms with Crippen molar-refractivity contribution >= 4 is 11.9 Å². The molecule has 6 heteroatoms. The molecule has 2 unspecified atom stereocenters. The van der Waals surface area contributed by atoms with Gasteiger partial charge in [-0.1, -0.05) is 57.0 Å². The van der Waals surface area contributed by atoms with Gasteiger partial charge in [0.2, 0.25) is 5.91 Å². The summed E-state index contributed by atoms with van der Waals surface area (Å²) in [5, 5.41) is 6.85. The predicted octanol–water partition coefficient (Wildman–Crippen LogP) is 3.00. The van der Waals surface area contributed by atoms with Crippen LogP contribution in [0.5, 0.6) is 0 Å². The molecular formula is C25H43N5O. The van der Waals surface area contributed by atoms with E-state index in [4.69, 9.17) is 4.99 Å². The Morgan fingerprint density at radius 1 is 1.16 bits per heavy atom. The topological polar surface area (TPSA) is 60.0 Å². The smallest absolute Gasteiger partial charge is 0.223 e. The standard InChI is InChI=1S/C25H43N5O/c1-6-22(7-2)23(29(4)5)18-28-25(26-8-3)27-17-21-16-24(31)30(19-21)15-14-20-12-10-9-11-13-20/h9-13,21-23H,6-8,14-19H2,1-5H3,(H2,26,27,28). The lowest BCUT2D eigenvalue weighted by Gasteiger charge is -2.30. The highest BCUT2D eigenvalue weighted by Gasteiger charge is 2.29. The summed E-state index contributed by atoms with van der Waals surface area (Å²) in [7, 11) is 4.29. The molecule has 1 aliphatic heterocycles. The summed E-state index contributed by atoms with van der Waals surface area (Å²) in [5.41, 5.74) is 1.28. The third kappa shape index (κ3) is 8.17. The molecule has 0 spiro atoms. The van der Waals surface area contributed by atoms with Crippen LogP contribution >= 0.6 is 0 Å². The molecule has 0 aromatic heterocycles. The molecule has 1 fully saturated rings. The molecule has 0 aliphatic carbocycles. The lowest BCUT2D eigenvalue weighted by molar-refractivity contribution is -0.127. The number of likely N-dealkylation sites (tertiary alicyclic amines) is 1. The molecule has 1 aromatic carbocycles. The highest BCUT2D eigenvalue weighted by atomic mass is 16.2. The summed E-state index contributed by atoms with van der Waals surface area (Å²) in [6.45, 7) is 10.6. The molecule has 6 nitrogen and oxygen atoms in total. The normalized spacial score (nSPS) is 18.2. The molecular weight excluding hydrogens is 386 g/mol. The van der Waals surface area contributed by atoms with Crippen LogP contribution in [0.4, 0.5) is 0 Å². The van der Waals surface area contributed by atoms with E-state index in [1.54, 1.807) is 0 Å². The average molecular weight is 430 g/mol. The van der Waals surface area contributed by atoms with Gasteiger partial charge in [0.15, 0.2) is 5.96 Å². The minimum atomic E-state index is 0.270. The summed E-state index contributed by atoms with van der Waals surface area (Å²) in [4.78, 5) is 21.6. The highest BCUT2D eigenvalue weighted by molar-refractivity contribution is 5.81. The number of hydrogen-bond acceptors (Lipinski definition) is 3. The third-order valence-electron chi connectivity index (χ3n) is 6.40. The van der Waals surface area contributed by atoms with E-state index in [0.717, 1.165) is 45.1 Å². The molecule has 1 heterocycles. The van der Waals surface area contributed by atoms with E-state index in [1.165, 1.54) is 18.4 Å². The Hall–Kier alpha value is -2.08. The zero-order valence-corrected chi connectivity index (χ0v) is 20.2. The number of carbonyl (C=O) groups is 1. The predicted molar refractivity (Wildman–Crippen MR) is 130 cm³/mol. The number of hydrogen-bond donors (Lipinski definition) is 2. The van der Waals surface area contributed by atoms with Gasteiger partial charge >= 0.3 is 0 Å². The van der Waals surface area contributed by atoms with Gasteiger partial charge in [-0.2, -0.15) is 0 Å².